The Labute approximate surface area is 211 Å². The number of nitrogens with zero attached hydrogens (tertiary/aromatic N) is 3. The van der Waals surface area contributed by atoms with E-state index in [9.17, 15) is 14.0 Å². The Balaban J connectivity index is 1.48. The molecule has 3 amide bonds. The van der Waals surface area contributed by atoms with Gasteiger partial charge >= 0.3 is 19.2 Å². The number of hydrogen-bond donors (Lipinski definition) is 0. The summed E-state index contributed by atoms with van der Waals surface area (Å²) in [5.41, 5.74) is 3.28. The monoisotopic (exact) mass is 503 g/mol. The Morgan fingerprint density at radius 3 is 2.56 bits per heavy atom. The molecule has 0 bridgehead atoms. The fraction of sp³-hybridized carbons (Fsp3) is 0.680. The predicted octanol–water partition coefficient (Wildman–Crippen LogP) is 2.26. The van der Waals surface area contributed by atoms with Crippen LogP contribution in [-0.2, 0) is 31.7 Å². The van der Waals surface area contributed by atoms with Gasteiger partial charge in [0.05, 0.1) is 39.0 Å². The highest BCUT2D eigenvalue weighted by Gasteiger charge is 2.38. The summed E-state index contributed by atoms with van der Waals surface area (Å²) in [7, 11) is -0.459. The van der Waals surface area contributed by atoms with Gasteiger partial charge in [0, 0.05) is 26.2 Å². The van der Waals surface area contributed by atoms with Crippen molar-refractivity contribution in [2.24, 2.45) is 0 Å². The molecule has 36 heavy (non-hydrogen) atoms. The number of benzene rings is 1. The highest BCUT2D eigenvalue weighted by Crippen LogP contribution is 2.33. The lowest BCUT2D eigenvalue weighted by molar-refractivity contribution is -0.0334. The quantitative estimate of drug-likeness (QED) is 0.577. The molecule has 0 unspecified atom stereocenters. The third-order valence-corrected chi connectivity index (χ3v) is 7.08. The van der Waals surface area contributed by atoms with E-state index in [2.05, 4.69) is 6.07 Å². The minimum atomic E-state index is -0.961. The van der Waals surface area contributed by atoms with Crippen molar-refractivity contribution in [1.29, 1.82) is 0 Å². The number of hydrogen-bond acceptors (Lipinski definition) is 6. The number of likely N-dealkylation sites (tertiary alicyclic amines) is 1. The van der Waals surface area contributed by atoms with Crippen LogP contribution in [0.25, 0.3) is 0 Å². The third-order valence-electron chi connectivity index (χ3n) is 7.08. The van der Waals surface area contributed by atoms with Crippen LogP contribution in [0.5, 0.6) is 0 Å². The van der Waals surface area contributed by atoms with Crippen LogP contribution in [0.15, 0.2) is 12.1 Å². The zero-order valence-electron chi connectivity index (χ0n) is 21.3. The highest BCUT2D eigenvalue weighted by molar-refractivity contribution is 6.61. The number of ether oxygens (including phenoxy) is 2. The maximum Gasteiger partial charge on any atom is 0.494 e. The van der Waals surface area contributed by atoms with Gasteiger partial charge in [-0.1, -0.05) is 12.1 Å². The fourth-order valence-corrected chi connectivity index (χ4v) is 5.36. The van der Waals surface area contributed by atoms with Crippen LogP contribution in [0.1, 0.15) is 49.9 Å². The maximum absolute atomic E-state index is 13.8. The number of morpholine rings is 1. The first kappa shape index (κ1) is 25.3. The van der Waals surface area contributed by atoms with Crippen LogP contribution < -0.4 is 5.46 Å². The first-order valence-electron chi connectivity index (χ1n) is 12.8. The van der Waals surface area contributed by atoms with Crippen molar-refractivity contribution >= 4 is 24.7 Å². The molecule has 2 atom stereocenters. The minimum absolute atomic E-state index is 0.137. The van der Waals surface area contributed by atoms with E-state index in [1.165, 1.54) is 0 Å². The Hall–Kier alpha value is -2.37. The lowest BCUT2D eigenvalue weighted by Gasteiger charge is -2.40. The molecule has 0 radical (unpaired) electrons. The lowest BCUT2D eigenvalue weighted by atomic mass is 9.74. The third kappa shape index (κ3) is 5.33. The van der Waals surface area contributed by atoms with Gasteiger partial charge < -0.3 is 28.6 Å². The Morgan fingerprint density at radius 2 is 1.86 bits per heavy atom. The van der Waals surface area contributed by atoms with Crippen molar-refractivity contribution < 1.29 is 32.8 Å². The van der Waals surface area contributed by atoms with Crippen molar-refractivity contribution in [2.45, 2.75) is 58.0 Å². The van der Waals surface area contributed by atoms with E-state index in [1.807, 2.05) is 26.8 Å². The first-order chi connectivity index (χ1) is 17.2. The van der Waals surface area contributed by atoms with Crippen LogP contribution in [0.4, 0.5) is 14.0 Å². The van der Waals surface area contributed by atoms with E-state index in [4.69, 9.17) is 18.8 Å². The average Bonchev–Trinajstić information content (AvgIpc) is 3.54. The van der Waals surface area contributed by atoms with Crippen molar-refractivity contribution in [3.05, 3.63) is 28.8 Å². The van der Waals surface area contributed by atoms with Crippen LogP contribution >= 0.6 is 0 Å². The molecule has 4 aliphatic rings. The van der Waals surface area contributed by atoms with E-state index in [0.29, 0.717) is 65.4 Å². The Morgan fingerprint density at radius 1 is 1.08 bits per heavy atom. The standard InChI is InChI=1S/C25H35BFN3O6/c1-25(2,3)36-24(32)30-8-9-33-16-22(30)20-13-18(26-34-10-11-35-26)12-17-4-6-29(15-21(17)20)23(31)28-7-5-19(27)14-28/h12-13,19,22H,4-11,14-16H2,1-3H3/t19-,22-/m0/s1. The second-order valence-corrected chi connectivity index (χ2v) is 10.9. The van der Waals surface area contributed by atoms with Crippen molar-refractivity contribution in [3.63, 3.8) is 0 Å². The molecule has 3 saturated heterocycles. The summed E-state index contributed by atoms with van der Waals surface area (Å²) in [6.07, 6.45) is -0.312. The number of amides is 3. The van der Waals surface area contributed by atoms with Gasteiger partial charge in [0.2, 0.25) is 0 Å². The molecule has 5 rings (SSSR count). The normalized spacial score (nSPS) is 24.8. The average molecular weight is 503 g/mol. The highest BCUT2D eigenvalue weighted by atomic mass is 19.1. The molecule has 4 heterocycles. The summed E-state index contributed by atoms with van der Waals surface area (Å²) in [6, 6.07) is 3.60. The van der Waals surface area contributed by atoms with E-state index in [-0.39, 0.29) is 18.6 Å². The molecule has 3 fully saturated rings. The Kier molecular flexibility index (Phi) is 7.15. The molecule has 196 valence electrons. The van der Waals surface area contributed by atoms with Gasteiger partial charge in [-0.15, -0.1) is 0 Å². The summed E-state index contributed by atoms with van der Waals surface area (Å²) < 4.78 is 36.9. The number of carbonyl (C=O) groups excluding carboxylic acids is 2. The summed E-state index contributed by atoms with van der Waals surface area (Å²) in [5, 5.41) is 0. The summed E-state index contributed by atoms with van der Waals surface area (Å²) in [5.74, 6) is 0. The predicted molar refractivity (Wildman–Crippen MR) is 131 cm³/mol. The van der Waals surface area contributed by atoms with Gasteiger partial charge in [-0.05, 0) is 55.8 Å². The topological polar surface area (TPSA) is 80.8 Å². The van der Waals surface area contributed by atoms with Gasteiger partial charge in [-0.25, -0.2) is 14.0 Å². The van der Waals surface area contributed by atoms with Crippen molar-refractivity contribution in [2.75, 3.05) is 52.6 Å². The fourth-order valence-electron chi connectivity index (χ4n) is 5.36. The van der Waals surface area contributed by atoms with E-state index < -0.39 is 25.0 Å². The molecule has 1 aromatic rings. The largest absolute Gasteiger partial charge is 0.494 e. The maximum atomic E-state index is 13.8. The van der Waals surface area contributed by atoms with E-state index >= 15 is 0 Å². The molecule has 0 aromatic heterocycles. The SMILES string of the molecule is CC(C)(C)OC(=O)N1CCOC[C@H]1c1cc(B2OCCO2)cc2c1CN(C(=O)N1CC[C@H](F)C1)CC2. The molecule has 9 nitrogen and oxygen atoms in total. The number of fused-ring (bicyclic) bond motifs is 1. The second-order valence-electron chi connectivity index (χ2n) is 10.9. The second kappa shape index (κ2) is 10.2. The number of halogens is 1. The van der Waals surface area contributed by atoms with Crippen LogP contribution in [0.3, 0.4) is 0 Å². The van der Waals surface area contributed by atoms with Gasteiger partial charge in [0.25, 0.3) is 0 Å². The van der Waals surface area contributed by atoms with Crippen molar-refractivity contribution in [3.8, 4) is 0 Å². The molecule has 4 aliphatic heterocycles. The molecular weight excluding hydrogens is 468 g/mol. The number of alkyl halides is 1. The van der Waals surface area contributed by atoms with E-state index in [0.717, 1.165) is 22.2 Å². The van der Waals surface area contributed by atoms with Gasteiger partial charge in [0.1, 0.15) is 11.8 Å². The van der Waals surface area contributed by atoms with Gasteiger partial charge in [0.15, 0.2) is 0 Å². The minimum Gasteiger partial charge on any atom is -0.444 e. The molecule has 0 N–H and O–H groups in total. The molecule has 0 spiro atoms. The number of rotatable bonds is 2. The zero-order valence-corrected chi connectivity index (χ0v) is 21.3. The molecule has 0 saturated carbocycles. The van der Waals surface area contributed by atoms with Crippen LogP contribution in [-0.4, -0.2) is 98.3 Å². The lowest BCUT2D eigenvalue weighted by Crippen LogP contribution is -2.48. The van der Waals surface area contributed by atoms with Gasteiger partial charge in [-0.3, -0.25) is 4.90 Å². The Bertz CT molecular complexity index is 999. The smallest absolute Gasteiger partial charge is 0.444 e. The van der Waals surface area contributed by atoms with Gasteiger partial charge in [-0.2, -0.15) is 0 Å². The summed E-state index contributed by atoms with van der Waals surface area (Å²) in [4.78, 5) is 31.5. The molecule has 1 aromatic carbocycles. The molecular formula is C25H35BFN3O6. The van der Waals surface area contributed by atoms with Crippen LogP contribution in [0, 0.1) is 0 Å². The molecule has 0 aliphatic carbocycles. The number of carbonyl (C=O) groups is 2. The van der Waals surface area contributed by atoms with Crippen molar-refractivity contribution in [1.82, 2.24) is 14.7 Å². The molecule has 11 heteroatoms. The summed E-state index contributed by atoms with van der Waals surface area (Å²) in [6.45, 7) is 9.28. The van der Waals surface area contributed by atoms with E-state index in [1.54, 1.807) is 14.7 Å². The number of urea groups is 1. The first-order valence-corrected chi connectivity index (χ1v) is 12.8. The zero-order chi connectivity index (χ0) is 25.4. The van der Waals surface area contributed by atoms with Crippen LogP contribution in [0.2, 0.25) is 0 Å². The summed E-state index contributed by atoms with van der Waals surface area (Å²) >= 11 is 0.